The minimum absolute atomic E-state index is 0. The van der Waals surface area contributed by atoms with E-state index in [0.717, 1.165) is 0 Å². The van der Waals surface area contributed by atoms with Crippen LogP contribution in [0, 0.1) is 0 Å². The van der Waals surface area contributed by atoms with Crippen LogP contribution in [0.5, 0.6) is 0 Å². The van der Waals surface area contributed by atoms with E-state index in [1.807, 2.05) is 20.4 Å². The third-order valence-corrected chi connectivity index (χ3v) is 8.05. The van der Waals surface area contributed by atoms with Crippen LogP contribution in [0.3, 0.4) is 0 Å². The van der Waals surface area contributed by atoms with Crippen LogP contribution in [0.15, 0.2) is 0 Å². The van der Waals surface area contributed by atoms with Gasteiger partial charge in [-0.1, -0.05) is 41.5 Å². The number of carbonyl (C=O) groups is 3. The molecule has 0 spiro atoms. The Hall–Kier alpha value is 0.493. The van der Waals surface area contributed by atoms with E-state index >= 15 is 0 Å². The largest absolute Gasteiger partial charge is 0.307 e. The van der Waals surface area contributed by atoms with Gasteiger partial charge in [-0.25, -0.2) is 0 Å². The Balaban J connectivity index is -0.0000000381. The molecule has 0 saturated heterocycles. The average molecular weight is 427 g/mol. The van der Waals surface area contributed by atoms with E-state index in [-0.39, 0.29) is 19.5 Å². The first-order valence-corrected chi connectivity index (χ1v) is 10.8. The quantitative estimate of drug-likeness (QED) is 0.463. The van der Waals surface area contributed by atoms with Gasteiger partial charge in [-0.2, -0.15) is 0 Å². The Labute approximate surface area is 148 Å². The molecule has 0 heterocycles. The molecule has 0 amide bonds. The van der Waals surface area contributed by atoms with E-state index < -0.39 is 0 Å². The van der Waals surface area contributed by atoms with Crippen LogP contribution in [0.4, 0.5) is 0 Å². The zero-order chi connectivity index (χ0) is 17.4. The molecule has 3 nitrogen and oxygen atoms in total. The maximum absolute atomic E-state index is 8.00. The summed E-state index contributed by atoms with van der Waals surface area (Å²) in [5.41, 5.74) is 0. The molecule has 0 rings (SSSR count). The molecule has 0 N–H and O–H groups in total. The van der Waals surface area contributed by atoms with Crippen molar-refractivity contribution in [2.75, 3.05) is 37.0 Å². The van der Waals surface area contributed by atoms with Crippen molar-refractivity contribution in [3.8, 4) is 0 Å². The van der Waals surface area contributed by atoms with Crippen LogP contribution in [0.25, 0.3) is 0 Å². The topological polar surface area (TPSA) is 51.2 Å². The fraction of sp³-hybridized carbons (Fsp3) is 0.800. The summed E-state index contributed by atoms with van der Waals surface area (Å²) in [7, 11) is 0.892. The second-order valence-corrected chi connectivity index (χ2v) is 9.72. The minimum Gasteiger partial charge on any atom is -0.307 e. The van der Waals surface area contributed by atoms with Gasteiger partial charge in [-0.3, -0.25) is 0 Å². The van der Waals surface area contributed by atoms with Gasteiger partial charge in [-0.15, -0.1) is 15.8 Å². The molecule has 0 aliphatic rings. The van der Waals surface area contributed by atoms with Crippen molar-refractivity contribution >= 4 is 36.2 Å². The van der Waals surface area contributed by atoms with Crippen molar-refractivity contribution in [1.29, 1.82) is 0 Å². The molecule has 132 valence electrons. The molecule has 0 aromatic heterocycles. The van der Waals surface area contributed by atoms with E-state index in [2.05, 4.69) is 41.5 Å². The monoisotopic (exact) mass is 428 g/mol. The standard InChI is InChI=1S/2C6H15P.3CH2O.Ru/c2*1-4-7(5-2)6-3;3*1-2;/h2*4-6H2,1-3H3;3*1H2;. The van der Waals surface area contributed by atoms with Gasteiger partial charge in [0.2, 0.25) is 0 Å². The molecule has 0 saturated carbocycles. The molecule has 0 bridgehead atoms. The third kappa shape index (κ3) is 44.9. The van der Waals surface area contributed by atoms with E-state index in [1.165, 1.54) is 37.0 Å². The van der Waals surface area contributed by atoms with Gasteiger partial charge in [0.05, 0.1) is 0 Å². The molecule has 0 aromatic rings. The van der Waals surface area contributed by atoms with E-state index in [1.54, 1.807) is 0 Å². The number of hydrogen-bond acceptors (Lipinski definition) is 3. The predicted molar refractivity (Wildman–Crippen MR) is 98.4 cm³/mol. The number of rotatable bonds is 6. The maximum Gasteiger partial charge on any atom is 0.106 e. The third-order valence-electron chi connectivity index (χ3n) is 2.68. The average Bonchev–Trinajstić information content (AvgIpc) is 2.57. The maximum atomic E-state index is 8.00. The normalized spacial score (nSPS) is 7.43. The van der Waals surface area contributed by atoms with Crippen molar-refractivity contribution in [2.24, 2.45) is 0 Å². The Kier molecular flexibility index (Phi) is 89.3. The molecular weight excluding hydrogens is 391 g/mol. The van der Waals surface area contributed by atoms with E-state index in [9.17, 15) is 0 Å². The van der Waals surface area contributed by atoms with Gasteiger partial charge in [0.1, 0.15) is 20.4 Å². The van der Waals surface area contributed by atoms with Crippen LogP contribution in [0.2, 0.25) is 0 Å². The van der Waals surface area contributed by atoms with Gasteiger partial charge >= 0.3 is 0 Å². The van der Waals surface area contributed by atoms with E-state index in [4.69, 9.17) is 14.4 Å². The molecule has 0 radical (unpaired) electrons. The molecule has 0 aliphatic heterocycles. The Morgan fingerprint density at radius 3 is 0.571 bits per heavy atom. The summed E-state index contributed by atoms with van der Waals surface area (Å²) in [6.07, 6.45) is 8.51. The molecule has 0 unspecified atom stereocenters. The van der Waals surface area contributed by atoms with Crippen molar-refractivity contribution in [3.63, 3.8) is 0 Å². The summed E-state index contributed by atoms with van der Waals surface area (Å²) in [5.74, 6) is 0. The second kappa shape index (κ2) is 49.9. The molecule has 21 heavy (non-hydrogen) atoms. The minimum atomic E-state index is 0. The van der Waals surface area contributed by atoms with Gasteiger partial charge in [-0.05, 0) is 37.0 Å². The fourth-order valence-corrected chi connectivity index (χ4v) is 4.02. The predicted octanol–water partition coefficient (Wildman–Crippen LogP) is 4.50. The summed E-state index contributed by atoms with van der Waals surface area (Å²) in [4.78, 5) is 24.0. The molecule has 6 heteroatoms. The molecule has 0 atom stereocenters. The van der Waals surface area contributed by atoms with Crippen LogP contribution in [-0.4, -0.2) is 57.3 Å². The van der Waals surface area contributed by atoms with E-state index in [0.29, 0.717) is 15.8 Å². The first kappa shape index (κ1) is 37.6. The zero-order valence-corrected chi connectivity index (χ0v) is 18.4. The van der Waals surface area contributed by atoms with Crippen molar-refractivity contribution < 1.29 is 33.9 Å². The van der Waals surface area contributed by atoms with Crippen LogP contribution in [-0.2, 0) is 33.9 Å². The molecule has 0 aliphatic carbocycles. The van der Waals surface area contributed by atoms with Crippen LogP contribution >= 0.6 is 15.8 Å². The SMILES string of the molecule is C=O.C=O.C=O.CCP(CC)CC.CCP(CC)CC.[Ru]. The molecule has 0 fully saturated rings. The van der Waals surface area contributed by atoms with Crippen LogP contribution in [0.1, 0.15) is 41.5 Å². The van der Waals surface area contributed by atoms with Crippen LogP contribution < -0.4 is 0 Å². The van der Waals surface area contributed by atoms with Gasteiger partial charge in [0.25, 0.3) is 0 Å². The summed E-state index contributed by atoms with van der Waals surface area (Å²) < 4.78 is 0. The smallest absolute Gasteiger partial charge is 0.106 e. The Morgan fingerprint density at radius 1 is 0.476 bits per heavy atom. The molecular formula is C15H36O3P2Ru. The fourth-order valence-electron chi connectivity index (χ4n) is 1.34. The Bertz CT molecular complexity index is 108. The summed E-state index contributed by atoms with van der Waals surface area (Å²) in [5, 5.41) is 0. The zero-order valence-electron chi connectivity index (χ0n) is 14.8. The first-order chi connectivity index (χ1) is 9.69. The second-order valence-electron chi connectivity index (χ2n) is 3.24. The summed E-state index contributed by atoms with van der Waals surface area (Å²) in [6, 6.07) is 0. The van der Waals surface area contributed by atoms with Crippen molar-refractivity contribution in [2.45, 2.75) is 41.5 Å². The number of carbonyl (C=O) groups excluding carboxylic acids is 3. The van der Waals surface area contributed by atoms with Gasteiger partial charge in [0, 0.05) is 19.5 Å². The number of hydrogen-bond donors (Lipinski definition) is 0. The van der Waals surface area contributed by atoms with Crippen molar-refractivity contribution in [1.82, 2.24) is 0 Å². The molecule has 0 aromatic carbocycles. The summed E-state index contributed by atoms with van der Waals surface area (Å²) >= 11 is 0. The van der Waals surface area contributed by atoms with Gasteiger partial charge < -0.3 is 14.4 Å². The van der Waals surface area contributed by atoms with Crippen molar-refractivity contribution in [3.05, 3.63) is 0 Å². The first-order valence-electron chi connectivity index (χ1n) is 7.01. The Morgan fingerprint density at radius 2 is 0.571 bits per heavy atom. The summed E-state index contributed by atoms with van der Waals surface area (Å²) in [6.45, 7) is 19.7. The van der Waals surface area contributed by atoms with Gasteiger partial charge in [0.15, 0.2) is 0 Å².